The molecule has 0 saturated carbocycles. The molecule has 3 rings (SSSR count). The normalized spacial score (nSPS) is 13.2. The topological polar surface area (TPSA) is 109 Å². The van der Waals surface area contributed by atoms with Gasteiger partial charge in [0.15, 0.2) is 29.7 Å². The Balaban J connectivity index is 0.00000481. The average molecular weight is 540 g/mol. The molecule has 1 saturated heterocycles. The predicted molar refractivity (Wildman–Crippen MR) is 131 cm³/mol. The van der Waals surface area contributed by atoms with Crippen molar-refractivity contribution in [1.82, 2.24) is 10.2 Å². The number of rotatable bonds is 10. The van der Waals surface area contributed by atoms with Gasteiger partial charge in [-0.25, -0.2) is 0 Å². The van der Waals surface area contributed by atoms with Gasteiger partial charge in [-0.2, -0.15) is 0 Å². The number of nitrogens with zero attached hydrogens (tertiary/aromatic N) is 1. The summed E-state index contributed by atoms with van der Waals surface area (Å²) in [5, 5.41) is 2.95. The smallest absolute Gasteiger partial charge is 0.255 e. The van der Waals surface area contributed by atoms with Crippen LogP contribution in [0, 0.1) is 0 Å². The first-order valence-corrected chi connectivity index (χ1v) is 11.4. The van der Waals surface area contributed by atoms with E-state index in [1.54, 1.807) is 29.2 Å². The number of carbonyl (C=O) groups is 2. The molecule has 2 N–H and O–H groups in total. The third-order valence-electron chi connectivity index (χ3n) is 6.10. The fraction of sp³-hybridized carbons (Fsp3) is 0.440. The van der Waals surface area contributed by atoms with E-state index >= 15 is 0 Å². The van der Waals surface area contributed by atoms with Gasteiger partial charge in [-0.05, 0) is 24.3 Å². The number of nitrogens with one attached hydrogen (secondary N) is 2. The third kappa shape index (κ3) is 6.60. The van der Waals surface area contributed by atoms with Crippen molar-refractivity contribution in [3.63, 3.8) is 0 Å². The van der Waals surface area contributed by atoms with Crippen molar-refractivity contribution >= 4 is 11.8 Å². The van der Waals surface area contributed by atoms with Gasteiger partial charge in [0, 0.05) is 11.1 Å². The zero-order chi connectivity index (χ0) is 26.2. The van der Waals surface area contributed by atoms with Gasteiger partial charge in [-0.15, -0.1) is 0 Å². The fourth-order valence-electron chi connectivity index (χ4n) is 4.11. The maximum Gasteiger partial charge on any atom is 0.255 e. The van der Waals surface area contributed by atoms with Crippen LogP contribution < -0.4 is 51.0 Å². The Bertz CT molecular complexity index is 1040. The van der Waals surface area contributed by atoms with Crippen molar-refractivity contribution in [3.05, 3.63) is 35.4 Å². The predicted octanol–water partition coefficient (Wildman–Crippen LogP) is -2.53. The molecule has 1 fully saturated rings. The zero-order valence-corrected chi connectivity index (χ0v) is 22.7. The molecule has 11 nitrogen and oxygen atoms in total. The largest absolute Gasteiger partial charge is 1.00 e. The highest BCUT2D eigenvalue weighted by molar-refractivity contribution is 5.96. The van der Waals surface area contributed by atoms with Crippen molar-refractivity contribution in [2.75, 3.05) is 75.5 Å². The minimum atomic E-state index is -0.252. The second kappa shape index (κ2) is 13.7. The van der Waals surface area contributed by atoms with Crippen molar-refractivity contribution < 1.29 is 55.3 Å². The van der Waals surface area contributed by atoms with Gasteiger partial charge in [0.05, 0.1) is 68.8 Å². The van der Waals surface area contributed by atoms with Gasteiger partial charge in [0.25, 0.3) is 11.8 Å². The van der Waals surface area contributed by atoms with Crippen LogP contribution in [0.2, 0.25) is 0 Å². The van der Waals surface area contributed by atoms with Crippen LogP contribution in [0.3, 0.4) is 0 Å². The number of carbonyl (C=O) groups excluding carboxylic acids is 2. The molecular formula is C25H34ClN3O8. The molecule has 0 radical (unpaired) electrons. The molecule has 12 heteroatoms. The molecule has 204 valence electrons. The number of piperazine rings is 1. The molecular weight excluding hydrogens is 506 g/mol. The van der Waals surface area contributed by atoms with Crippen LogP contribution in [0.25, 0.3) is 0 Å². The standard InChI is InChI=1S/C25H33N3O8.ClH/c1-31-18-11-16(12-19(32-2)22(18)35-5)24(29)26-15-27-7-9-28(10-8-27)25(30)17-13-20(33-3)23(36-6)21(14-17)34-4;/h11-14H,7-10,15H2,1-6H3,(H,26,29);1H. The Kier molecular flexibility index (Phi) is 10.9. The summed E-state index contributed by atoms with van der Waals surface area (Å²) in [5.41, 5.74) is 0.865. The maximum atomic E-state index is 13.1. The Hall–Kier alpha value is -3.57. The zero-order valence-electron chi connectivity index (χ0n) is 21.9. The number of halogens is 1. The molecule has 0 aromatic heterocycles. The summed E-state index contributed by atoms with van der Waals surface area (Å²) < 4.78 is 32.0. The molecule has 0 atom stereocenters. The first-order chi connectivity index (χ1) is 17.4. The lowest BCUT2D eigenvalue weighted by Crippen LogP contribution is -3.16. The monoisotopic (exact) mass is 539 g/mol. The summed E-state index contributed by atoms with van der Waals surface area (Å²) in [4.78, 5) is 28.8. The molecule has 0 unspecified atom stereocenters. The highest BCUT2D eigenvalue weighted by Crippen LogP contribution is 2.39. The van der Waals surface area contributed by atoms with Gasteiger partial charge in [-0.1, -0.05) is 0 Å². The highest BCUT2D eigenvalue weighted by atomic mass is 35.5. The first kappa shape index (κ1) is 29.7. The maximum absolute atomic E-state index is 13.1. The van der Waals surface area contributed by atoms with Crippen molar-refractivity contribution in [2.24, 2.45) is 0 Å². The lowest BCUT2D eigenvalue weighted by Gasteiger charge is -2.32. The van der Waals surface area contributed by atoms with Gasteiger partial charge >= 0.3 is 0 Å². The Labute approximate surface area is 222 Å². The second-order valence-corrected chi connectivity index (χ2v) is 8.05. The van der Waals surface area contributed by atoms with Crippen molar-refractivity contribution in [3.8, 4) is 34.5 Å². The molecule has 2 amide bonds. The Morgan fingerprint density at radius 2 is 1.14 bits per heavy atom. The molecule has 0 bridgehead atoms. The lowest BCUT2D eigenvalue weighted by molar-refractivity contribution is -0.905. The van der Waals surface area contributed by atoms with E-state index in [1.165, 1.54) is 42.7 Å². The number of benzene rings is 2. The van der Waals surface area contributed by atoms with Crippen LogP contribution >= 0.6 is 0 Å². The lowest BCUT2D eigenvalue weighted by atomic mass is 10.1. The van der Waals surface area contributed by atoms with Crippen LogP contribution in [-0.4, -0.2) is 92.2 Å². The molecule has 2 aromatic rings. The summed E-state index contributed by atoms with van der Waals surface area (Å²) >= 11 is 0. The highest BCUT2D eigenvalue weighted by Gasteiger charge is 2.27. The fourth-order valence-corrected chi connectivity index (χ4v) is 4.11. The van der Waals surface area contributed by atoms with Gasteiger partial charge in [-0.3, -0.25) is 9.59 Å². The van der Waals surface area contributed by atoms with Crippen molar-refractivity contribution in [2.45, 2.75) is 0 Å². The van der Waals surface area contributed by atoms with E-state index in [2.05, 4.69) is 5.32 Å². The Morgan fingerprint density at radius 3 is 1.51 bits per heavy atom. The second-order valence-electron chi connectivity index (χ2n) is 8.05. The van der Waals surface area contributed by atoms with Gasteiger partial charge in [0.2, 0.25) is 11.5 Å². The van der Waals surface area contributed by atoms with Crippen LogP contribution in [0.15, 0.2) is 24.3 Å². The molecule has 1 aliphatic heterocycles. The molecule has 0 spiro atoms. The van der Waals surface area contributed by atoms with Crippen molar-refractivity contribution in [1.29, 1.82) is 0 Å². The van der Waals surface area contributed by atoms with Crippen LogP contribution in [0.5, 0.6) is 34.5 Å². The van der Waals surface area contributed by atoms with E-state index in [9.17, 15) is 9.59 Å². The molecule has 2 aromatic carbocycles. The number of methoxy groups -OCH3 is 6. The SMILES string of the molecule is COc1cc(C(=O)NC[NH+]2CCN(C(=O)c3cc(OC)c(OC)c(OC)c3)CC2)cc(OC)c1OC.[Cl-]. The minimum Gasteiger partial charge on any atom is -1.00 e. The van der Waals surface area contributed by atoms with Crippen LogP contribution in [0.1, 0.15) is 20.7 Å². The summed E-state index contributed by atoms with van der Waals surface area (Å²) in [7, 11) is 9.06. The van der Waals surface area contributed by atoms with E-state index in [-0.39, 0.29) is 24.2 Å². The summed E-state index contributed by atoms with van der Waals surface area (Å²) in [6, 6.07) is 6.53. The number of hydrogen-bond acceptors (Lipinski definition) is 8. The summed E-state index contributed by atoms with van der Waals surface area (Å²) in [6.45, 7) is 2.88. The van der Waals surface area contributed by atoms with Gasteiger partial charge < -0.3 is 55.9 Å². The van der Waals surface area contributed by atoms with E-state index in [1.807, 2.05) is 0 Å². The third-order valence-corrected chi connectivity index (χ3v) is 6.10. The van der Waals surface area contributed by atoms with E-state index in [4.69, 9.17) is 28.4 Å². The van der Waals surface area contributed by atoms with Crippen LogP contribution in [-0.2, 0) is 0 Å². The summed E-state index contributed by atoms with van der Waals surface area (Å²) in [5.74, 6) is 2.18. The van der Waals surface area contributed by atoms with Crippen LogP contribution in [0.4, 0.5) is 0 Å². The molecule has 37 heavy (non-hydrogen) atoms. The summed E-state index contributed by atoms with van der Waals surface area (Å²) in [6.07, 6.45) is 0. The Morgan fingerprint density at radius 1 is 0.730 bits per heavy atom. The molecule has 1 aliphatic rings. The number of amides is 2. The minimum absolute atomic E-state index is 0. The molecule has 1 heterocycles. The first-order valence-electron chi connectivity index (χ1n) is 11.4. The number of ether oxygens (including phenoxy) is 6. The van der Waals surface area contributed by atoms with E-state index < -0.39 is 0 Å². The van der Waals surface area contributed by atoms with Gasteiger partial charge in [0.1, 0.15) is 0 Å². The number of quaternary nitrogens is 1. The quantitative estimate of drug-likeness (QED) is 0.340. The van der Waals surface area contributed by atoms with E-state index in [0.29, 0.717) is 78.5 Å². The number of hydrogen-bond donors (Lipinski definition) is 2. The average Bonchev–Trinajstić information content (AvgIpc) is 2.93. The molecule has 0 aliphatic carbocycles. The van der Waals surface area contributed by atoms with E-state index in [0.717, 1.165) is 4.90 Å².